The van der Waals surface area contributed by atoms with Gasteiger partial charge in [0.05, 0.1) is 11.6 Å². The number of hydrogen-bond donors (Lipinski definition) is 0. The van der Waals surface area contributed by atoms with Gasteiger partial charge < -0.3 is 9.47 Å². The second-order valence-electron chi connectivity index (χ2n) is 5.08. The Morgan fingerprint density at radius 3 is 2.42 bits per heavy atom. The molecule has 0 saturated carbocycles. The minimum absolute atomic E-state index is 0.185. The summed E-state index contributed by atoms with van der Waals surface area (Å²) in [6.45, 7) is 4.87. The van der Waals surface area contributed by atoms with Gasteiger partial charge in [-0.3, -0.25) is 0 Å². The number of rotatable bonds is 6. The number of carbonyl (C=O) groups is 1. The average molecular weight is 319 g/mol. The van der Waals surface area contributed by atoms with Crippen molar-refractivity contribution >= 4 is 17.6 Å². The molecule has 0 N–H and O–H groups in total. The molecular formula is C20H17NO3. The third kappa shape index (κ3) is 4.85. The van der Waals surface area contributed by atoms with E-state index in [9.17, 15) is 10.1 Å². The Bertz CT molecular complexity index is 784. The van der Waals surface area contributed by atoms with Gasteiger partial charge in [0.1, 0.15) is 5.75 Å². The zero-order valence-corrected chi connectivity index (χ0v) is 13.4. The average Bonchev–Trinajstić information content (AvgIpc) is 2.61. The summed E-state index contributed by atoms with van der Waals surface area (Å²) in [7, 11) is 0. The molecule has 0 spiro atoms. The largest absolute Gasteiger partial charge is 0.457 e. The summed E-state index contributed by atoms with van der Waals surface area (Å²) in [4.78, 5) is 11.2. The maximum atomic E-state index is 11.2. The molecule has 0 unspecified atom stereocenters. The Kier molecular flexibility index (Phi) is 5.93. The van der Waals surface area contributed by atoms with E-state index in [1.54, 1.807) is 31.2 Å². The van der Waals surface area contributed by atoms with E-state index in [1.165, 1.54) is 0 Å². The number of allylic oxidation sites excluding steroid dienone is 1. The predicted molar refractivity (Wildman–Crippen MR) is 92.8 cm³/mol. The molecular weight excluding hydrogens is 302 g/mol. The van der Waals surface area contributed by atoms with Crippen LogP contribution in [0, 0.1) is 11.3 Å². The van der Waals surface area contributed by atoms with E-state index < -0.39 is 5.97 Å². The Hall–Kier alpha value is -3.32. The van der Waals surface area contributed by atoms with Gasteiger partial charge >= 0.3 is 5.97 Å². The minimum Gasteiger partial charge on any atom is -0.457 e. The van der Waals surface area contributed by atoms with Gasteiger partial charge in [0.25, 0.3) is 0 Å². The zero-order chi connectivity index (χ0) is 17.4. The normalized spacial score (nSPS) is 10.6. The van der Waals surface area contributed by atoms with Crippen molar-refractivity contribution in [3.63, 3.8) is 0 Å². The second kappa shape index (κ2) is 8.35. The lowest BCUT2D eigenvalue weighted by Crippen LogP contribution is -2.10. The van der Waals surface area contributed by atoms with Crippen molar-refractivity contribution < 1.29 is 14.3 Å². The van der Waals surface area contributed by atoms with Crippen molar-refractivity contribution in [1.82, 2.24) is 0 Å². The van der Waals surface area contributed by atoms with Crippen LogP contribution in [0.15, 0.2) is 66.7 Å². The number of hydrogen-bond acceptors (Lipinski definition) is 4. The van der Waals surface area contributed by atoms with E-state index in [4.69, 9.17) is 9.47 Å². The molecule has 0 aliphatic rings. The van der Waals surface area contributed by atoms with E-state index in [-0.39, 0.29) is 6.79 Å². The van der Waals surface area contributed by atoms with Crippen molar-refractivity contribution in [2.24, 2.45) is 0 Å². The van der Waals surface area contributed by atoms with Crippen LogP contribution < -0.4 is 4.74 Å². The van der Waals surface area contributed by atoms with Gasteiger partial charge in [0, 0.05) is 5.57 Å². The molecule has 0 saturated heterocycles. The molecule has 24 heavy (non-hydrogen) atoms. The molecule has 120 valence electrons. The highest BCUT2D eigenvalue weighted by molar-refractivity contribution is 5.89. The molecule has 0 radical (unpaired) electrons. The topological polar surface area (TPSA) is 59.3 Å². The fraction of sp³-hybridized carbons (Fsp3) is 0.100. The number of nitriles is 1. The first-order chi connectivity index (χ1) is 11.6. The van der Waals surface area contributed by atoms with Crippen LogP contribution in [-0.4, -0.2) is 12.8 Å². The smallest absolute Gasteiger partial charge is 0.335 e. The third-order valence-electron chi connectivity index (χ3n) is 3.16. The fourth-order valence-corrected chi connectivity index (χ4v) is 1.90. The summed E-state index contributed by atoms with van der Waals surface area (Å²) < 4.78 is 10.2. The van der Waals surface area contributed by atoms with Crippen LogP contribution >= 0.6 is 0 Å². The molecule has 0 fully saturated rings. The van der Waals surface area contributed by atoms with Crippen LogP contribution in [0.4, 0.5) is 0 Å². The van der Waals surface area contributed by atoms with E-state index in [0.29, 0.717) is 16.9 Å². The quantitative estimate of drug-likeness (QED) is 0.263. The van der Waals surface area contributed by atoms with Crippen LogP contribution in [0.3, 0.4) is 0 Å². The molecule has 0 atom stereocenters. The third-order valence-corrected chi connectivity index (χ3v) is 3.16. The SMILES string of the molecule is C=C(C)C(=O)OCOc1ccc(/C(C#N)=C/c2ccccc2)cc1. The van der Waals surface area contributed by atoms with Crippen LogP contribution in [-0.2, 0) is 9.53 Å². The van der Waals surface area contributed by atoms with Gasteiger partial charge in [-0.1, -0.05) is 36.9 Å². The summed E-state index contributed by atoms with van der Waals surface area (Å²) in [6, 6.07) is 18.9. The number of esters is 1. The Balaban J connectivity index is 2.03. The molecule has 4 nitrogen and oxygen atoms in total. The summed E-state index contributed by atoms with van der Waals surface area (Å²) in [5, 5.41) is 9.35. The number of nitrogens with zero attached hydrogens (tertiary/aromatic N) is 1. The maximum Gasteiger partial charge on any atom is 0.335 e. The van der Waals surface area contributed by atoms with Gasteiger partial charge in [0.15, 0.2) is 0 Å². The molecule has 0 amide bonds. The highest BCUT2D eigenvalue weighted by Gasteiger charge is 2.04. The van der Waals surface area contributed by atoms with Crippen LogP contribution in [0.25, 0.3) is 11.6 Å². The summed E-state index contributed by atoms with van der Waals surface area (Å²) in [5.41, 5.74) is 2.62. The lowest BCUT2D eigenvalue weighted by atomic mass is 10.0. The molecule has 0 heterocycles. The molecule has 0 aliphatic carbocycles. The van der Waals surface area contributed by atoms with Crippen molar-refractivity contribution in [1.29, 1.82) is 5.26 Å². The van der Waals surface area contributed by atoms with Crippen molar-refractivity contribution in [2.75, 3.05) is 6.79 Å². The van der Waals surface area contributed by atoms with Gasteiger partial charge in [-0.05, 0) is 48.4 Å². The lowest BCUT2D eigenvalue weighted by Gasteiger charge is -2.08. The number of carbonyl (C=O) groups excluding carboxylic acids is 1. The van der Waals surface area contributed by atoms with Gasteiger partial charge in [-0.25, -0.2) is 4.79 Å². The van der Waals surface area contributed by atoms with Gasteiger partial charge in [-0.2, -0.15) is 5.26 Å². The minimum atomic E-state index is -0.496. The van der Waals surface area contributed by atoms with Gasteiger partial charge in [-0.15, -0.1) is 0 Å². The molecule has 0 aliphatic heterocycles. The highest BCUT2D eigenvalue weighted by Crippen LogP contribution is 2.21. The van der Waals surface area contributed by atoms with Crippen molar-refractivity contribution in [2.45, 2.75) is 6.92 Å². The molecule has 2 rings (SSSR count). The standard InChI is InChI=1S/C20H17NO3/c1-15(2)20(22)24-14-23-19-10-8-17(9-11-19)18(13-21)12-16-6-4-3-5-7-16/h3-12H,1,14H2,2H3/b18-12+. The number of ether oxygens (including phenoxy) is 2. The van der Waals surface area contributed by atoms with E-state index in [0.717, 1.165) is 11.1 Å². The zero-order valence-electron chi connectivity index (χ0n) is 13.4. The maximum absolute atomic E-state index is 11.2. The van der Waals surface area contributed by atoms with Crippen LogP contribution in [0.1, 0.15) is 18.1 Å². The first kappa shape index (κ1) is 17.0. The number of benzene rings is 2. The Morgan fingerprint density at radius 2 is 1.83 bits per heavy atom. The monoisotopic (exact) mass is 319 g/mol. The first-order valence-electron chi connectivity index (χ1n) is 7.33. The molecule has 4 heteroatoms. The van der Waals surface area contributed by atoms with Gasteiger partial charge in [0.2, 0.25) is 6.79 Å². The van der Waals surface area contributed by atoms with Crippen molar-refractivity contribution in [3.8, 4) is 11.8 Å². The summed E-state index contributed by atoms with van der Waals surface area (Å²) >= 11 is 0. The molecule has 2 aromatic carbocycles. The van der Waals surface area contributed by atoms with Crippen LogP contribution in [0.2, 0.25) is 0 Å². The summed E-state index contributed by atoms with van der Waals surface area (Å²) in [6.07, 6.45) is 1.82. The van der Waals surface area contributed by atoms with Crippen LogP contribution in [0.5, 0.6) is 5.75 Å². The predicted octanol–water partition coefficient (Wildman–Crippen LogP) is 4.21. The Labute approximate surface area is 141 Å². The summed E-state index contributed by atoms with van der Waals surface area (Å²) in [5.74, 6) is 0.0504. The van der Waals surface area contributed by atoms with E-state index in [2.05, 4.69) is 12.6 Å². The first-order valence-corrected chi connectivity index (χ1v) is 7.33. The van der Waals surface area contributed by atoms with E-state index >= 15 is 0 Å². The fourth-order valence-electron chi connectivity index (χ4n) is 1.90. The Morgan fingerprint density at radius 1 is 1.17 bits per heavy atom. The molecule has 0 aromatic heterocycles. The second-order valence-corrected chi connectivity index (χ2v) is 5.08. The highest BCUT2D eigenvalue weighted by atomic mass is 16.7. The lowest BCUT2D eigenvalue weighted by molar-refractivity contribution is -0.145. The van der Waals surface area contributed by atoms with E-state index in [1.807, 2.05) is 36.4 Å². The molecule has 0 bridgehead atoms. The molecule has 2 aromatic rings. The van der Waals surface area contributed by atoms with Crippen molar-refractivity contribution in [3.05, 3.63) is 77.9 Å².